The van der Waals surface area contributed by atoms with E-state index >= 15 is 0 Å². The number of nitrogens with zero attached hydrogens (tertiary/aromatic N) is 1. The largest absolute Gasteiger partial charge is 0.509 e. The first-order valence-corrected chi connectivity index (χ1v) is 5.23. The lowest BCUT2D eigenvalue weighted by molar-refractivity contribution is 0.501. The summed E-state index contributed by atoms with van der Waals surface area (Å²) in [6.07, 6.45) is 2.08. The normalized spacial score (nSPS) is 16.9. The summed E-state index contributed by atoms with van der Waals surface area (Å²) in [5.74, 6) is 0.376. The Morgan fingerprint density at radius 3 is 2.62 bits per heavy atom. The van der Waals surface area contributed by atoms with Gasteiger partial charge in [0.2, 0.25) is 0 Å². The lowest BCUT2D eigenvalue weighted by Gasteiger charge is -2.14. The van der Waals surface area contributed by atoms with E-state index in [4.69, 9.17) is 0 Å². The number of rotatable bonds is 2. The van der Waals surface area contributed by atoms with Crippen molar-refractivity contribution in [1.29, 1.82) is 0 Å². The third-order valence-corrected chi connectivity index (χ3v) is 2.97. The first-order chi connectivity index (χ1) is 7.55. The van der Waals surface area contributed by atoms with Crippen molar-refractivity contribution < 1.29 is 12.9 Å². The molecule has 0 atom stereocenters. The van der Waals surface area contributed by atoms with Crippen LogP contribution in [-0.4, -0.2) is 17.2 Å². The summed E-state index contributed by atoms with van der Waals surface area (Å²) >= 11 is 0. The molecule has 1 heterocycles. The molecule has 2 nitrogen and oxygen atoms in total. The Morgan fingerprint density at radius 2 is 2.00 bits per heavy atom. The van der Waals surface area contributed by atoms with Crippen LogP contribution in [0.3, 0.4) is 0 Å². The summed E-state index contributed by atoms with van der Waals surface area (Å²) in [7, 11) is 0. The second-order valence-corrected chi connectivity index (χ2v) is 4.26. The number of hydrogen-bond acceptors (Lipinski definition) is 1. The lowest BCUT2D eigenvalue weighted by atomic mass is 9.79. The van der Waals surface area contributed by atoms with Crippen molar-refractivity contribution in [3.8, 4) is 0 Å². The highest BCUT2D eigenvalue weighted by Crippen LogP contribution is 2.41. The van der Waals surface area contributed by atoms with Gasteiger partial charge in [0.1, 0.15) is 0 Å². The maximum atomic E-state index is 12.6. The average Bonchev–Trinajstić information content (AvgIpc) is 2.96. The minimum atomic E-state index is -4.92. The molecule has 1 saturated carbocycles. The van der Waals surface area contributed by atoms with Crippen LogP contribution in [0, 0.1) is 0 Å². The van der Waals surface area contributed by atoms with E-state index in [1.807, 2.05) is 0 Å². The quantitative estimate of drug-likeness (QED) is 0.781. The average molecular weight is 225 g/mol. The van der Waals surface area contributed by atoms with Crippen molar-refractivity contribution in [1.82, 2.24) is 10.2 Å². The molecule has 84 valence electrons. The standard InChI is InChI=1S/C10H9BF3N2/c12-11(13,14)7-3-4-9-8(5-7)10(16-15-9)6-1-2-6/h3-6H,1-2H2,(H,15,16)/q-1. The predicted octanol–water partition coefficient (Wildman–Crippen LogP) is 2.49. The maximum Gasteiger partial charge on any atom is 0.509 e. The second kappa shape index (κ2) is 3.03. The van der Waals surface area contributed by atoms with Gasteiger partial charge in [-0.3, -0.25) is 5.10 Å². The SMILES string of the molecule is F[B-](F)(F)c1ccc2n[nH]c(C3CC3)c2c1. The summed E-state index contributed by atoms with van der Waals surface area (Å²) in [4.78, 5) is 0. The molecule has 0 spiro atoms. The third-order valence-electron chi connectivity index (χ3n) is 2.97. The van der Waals surface area contributed by atoms with E-state index in [0.29, 0.717) is 16.8 Å². The predicted molar refractivity (Wildman–Crippen MR) is 56.8 cm³/mol. The van der Waals surface area contributed by atoms with Crippen LogP contribution in [0.15, 0.2) is 18.2 Å². The molecule has 1 aromatic carbocycles. The number of fused-ring (bicyclic) bond motifs is 1. The van der Waals surface area contributed by atoms with Crippen molar-refractivity contribution in [2.45, 2.75) is 18.8 Å². The van der Waals surface area contributed by atoms with Crippen LogP contribution in [-0.2, 0) is 0 Å². The Morgan fingerprint density at radius 1 is 1.25 bits per heavy atom. The molecule has 1 aromatic heterocycles. The summed E-state index contributed by atoms with van der Waals surface area (Å²) in [6, 6.07) is 3.74. The molecule has 2 aromatic rings. The van der Waals surface area contributed by atoms with Gasteiger partial charge >= 0.3 is 6.98 Å². The minimum absolute atomic E-state index is 0.376. The number of benzene rings is 1. The fourth-order valence-corrected chi connectivity index (χ4v) is 1.93. The number of nitrogens with one attached hydrogen (secondary N) is 1. The molecule has 0 radical (unpaired) electrons. The van der Waals surface area contributed by atoms with Gasteiger partial charge in [-0.25, -0.2) is 0 Å². The molecule has 1 aliphatic carbocycles. The molecular weight excluding hydrogens is 216 g/mol. The number of aromatic nitrogens is 2. The fourth-order valence-electron chi connectivity index (χ4n) is 1.93. The first kappa shape index (κ1) is 9.75. The van der Waals surface area contributed by atoms with E-state index in [1.54, 1.807) is 0 Å². The van der Waals surface area contributed by atoms with E-state index < -0.39 is 12.4 Å². The monoisotopic (exact) mass is 225 g/mol. The number of aromatic amines is 1. The number of H-pyrrole nitrogens is 1. The smallest absolute Gasteiger partial charge is 0.445 e. The molecular formula is C10H9BF3N2-. The van der Waals surface area contributed by atoms with Crippen molar-refractivity contribution in [3.05, 3.63) is 23.9 Å². The summed E-state index contributed by atoms with van der Waals surface area (Å²) < 4.78 is 37.8. The van der Waals surface area contributed by atoms with Gasteiger partial charge in [0.25, 0.3) is 0 Å². The third kappa shape index (κ3) is 1.49. The van der Waals surface area contributed by atoms with Crippen LogP contribution in [0.1, 0.15) is 24.5 Å². The summed E-state index contributed by atoms with van der Waals surface area (Å²) in [5, 5.41) is 7.49. The van der Waals surface area contributed by atoms with Crippen LogP contribution in [0.4, 0.5) is 12.9 Å². The Labute approximate surface area is 89.9 Å². The molecule has 16 heavy (non-hydrogen) atoms. The van der Waals surface area contributed by atoms with E-state index in [2.05, 4.69) is 10.2 Å². The van der Waals surface area contributed by atoms with Crippen molar-refractivity contribution in [2.24, 2.45) is 0 Å². The topological polar surface area (TPSA) is 28.7 Å². The zero-order chi connectivity index (χ0) is 11.3. The van der Waals surface area contributed by atoms with Gasteiger partial charge < -0.3 is 12.9 Å². The first-order valence-electron chi connectivity index (χ1n) is 5.23. The van der Waals surface area contributed by atoms with Crippen LogP contribution >= 0.6 is 0 Å². The van der Waals surface area contributed by atoms with Gasteiger partial charge in [0.05, 0.1) is 5.52 Å². The van der Waals surface area contributed by atoms with Crippen LogP contribution in [0.5, 0.6) is 0 Å². The van der Waals surface area contributed by atoms with E-state index in [0.717, 1.165) is 24.6 Å². The molecule has 0 amide bonds. The van der Waals surface area contributed by atoms with Crippen molar-refractivity contribution in [3.63, 3.8) is 0 Å². The van der Waals surface area contributed by atoms with Crippen LogP contribution < -0.4 is 5.46 Å². The number of halogens is 3. The minimum Gasteiger partial charge on any atom is -0.445 e. The fraction of sp³-hybridized carbons (Fsp3) is 0.300. The molecule has 0 unspecified atom stereocenters. The Kier molecular flexibility index (Phi) is 1.84. The van der Waals surface area contributed by atoms with Gasteiger partial charge in [0, 0.05) is 17.0 Å². The van der Waals surface area contributed by atoms with Gasteiger partial charge in [0.15, 0.2) is 0 Å². The summed E-state index contributed by atoms with van der Waals surface area (Å²) in [5.41, 5.74) is 0.929. The molecule has 0 aliphatic heterocycles. The Balaban J connectivity index is 2.17. The molecule has 1 N–H and O–H groups in total. The second-order valence-electron chi connectivity index (χ2n) is 4.26. The zero-order valence-electron chi connectivity index (χ0n) is 8.38. The zero-order valence-corrected chi connectivity index (χ0v) is 8.38. The molecule has 3 rings (SSSR count). The molecule has 1 fully saturated rings. The van der Waals surface area contributed by atoms with E-state index in [9.17, 15) is 12.9 Å². The highest BCUT2D eigenvalue weighted by atomic mass is 19.4. The van der Waals surface area contributed by atoms with E-state index in [1.165, 1.54) is 12.1 Å². The summed E-state index contributed by atoms with van der Waals surface area (Å²) in [6.45, 7) is -4.92. The van der Waals surface area contributed by atoms with Gasteiger partial charge in [-0.05, 0) is 18.9 Å². The Bertz CT molecular complexity index is 542. The Hall–Kier alpha value is -1.46. The maximum absolute atomic E-state index is 12.6. The van der Waals surface area contributed by atoms with Crippen molar-refractivity contribution >= 4 is 23.3 Å². The van der Waals surface area contributed by atoms with Crippen LogP contribution in [0.2, 0.25) is 0 Å². The highest BCUT2D eigenvalue weighted by molar-refractivity contribution is 6.73. The molecule has 0 saturated heterocycles. The van der Waals surface area contributed by atoms with E-state index in [-0.39, 0.29) is 0 Å². The van der Waals surface area contributed by atoms with Crippen LogP contribution in [0.25, 0.3) is 10.9 Å². The molecule has 0 bridgehead atoms. The molecule has 6 heteroatoms. The van der Waals surface area contributed by atoms with Gasteiger partial charge in [-0.2, -0.15) is 5.10 Å². The number of hydrogen-bond donors (Lipinski definition) is 1. The lowest BCUT2D eigenvalue weighted by Crippen LogP contribution is -2.33. The molecule has 1 aliphatic rings. The van der Waals surface area contributed by atoms with Gasteiger partial charge in [-0.1, -0.05) is 12.1 Å². The van der Waals surface area contributed by atoms with Crippen molar-refractivity contribution in [2.75, 3.05) is 0 Å². The van der Waals surface area contributed by atoms with Gasteiger partial charge in [-0.15, -0.1) is 5.46 Å². The highest BCUT2D eigenvalue weighted by Gasteiger charge is 2.29.